The molecule has 1 heterocycles. The first-order chi connectivity index (χ1) is 9.21. The van der Waals surface area contributed by atoms with Crippen LogP contribution in [0.1, 0.15) is 26.3 Å². The Balaban J connectivity index is 2.73. The van der Waals surface area contributed by atoms with Crippen molar-refractivity contribution in [1.82, 2.24) is 10.3 Å². The van der Waals surface area contributed by atoms with E-state index in [9.17, 15) is 13.2 Å². The molecule has 1 amide bonds. The van der Waals surface area contributed by atoms with E-state index >= 15 is 0 Å². The van der Waals surface area contributed by atoms with Crippen molar-refractivity contribution in [1.29, 1.82) is 0 Å². The van der Waals surface area contributed by atoms with Crippen molar-refractivity contribution in [2.45, 2.75) is 38.7 Å². The highest BCUT2D eigenvalue weighted by Gasteiger charge is 2.23. The molecule has 1 N–H and O–H groups in total. The highest BCUT2D eigenvalue weighted by molar-refractivity contribution is 7.92. The fraction of sp³-hybridized carbons (Fsp3) is 0.538. The van der Waals surface area contributed by atoms with E-state index < -0.39 is 21.0 Å². The molecule has 0 spiro atoms. The third-order valence-corrected chi connectivity index (χ3v) is 4.16. The minimum Gasteiger partial charge on any atom is -0.475 e. The number of carbonyl (C=O) groups excluding carboxylic acids is 1. The summed E-state index contributed by atoms with van der Waals surface area (Å²) in [4.78, 5) is 15.8. The van der Waals surface area contributed by atoms with Crippen molar-refractivity contribution in [2.75, 3.05) is 6.26 Å². The zero-order valence-corrected chi connectivity index (χ0v) is 12.9. The van der Waals surface area contributed by atoms with E-state index in [1.807, 2.05) is 13.8 Å². The number of rotatable bonds is 6. The molecule has 0 saturated carbocycles. The molecule has 0 saturated heterocycles. The van der Waals surface area contributed by atoms with E-state index in [0.29, 0.717) is 11.4 Å². The number of nitrogens with zero attached hydrogens (tertiary/aromatic N) is 1. The first kappa shape index (κ1) is 16.4. The smallest absolute Gasteiger partial charge is 0.238 e. The zero-order valence-electron chi connectivity index (χ0n) is 12.1. The quantitative estimate of drug-likeness (QED) is 0.844. The maximum absolute atomic E-state index is 11.7. The van der Waals surface area contributed by atoms with Crippen LogP contribution >= 0.6 is 0 Å². The summed E-state index contributed by atoms with van der Waals surface area (Å²) in [6.07, 6.45) is 2.60. The number of ether oxygens (including phenoxy) is 1. The van der Waals surface area contributed by atoms with Crippen molar-refractivity contribution < 1.29 is 17.9 Å². The van der Waals surface area contributed by atoms with Crippen LogP contribution in [0.5, 0.6) is 5.88 Å². The van der Waals surface area contributed by atoms with E-state index in [0.717, 1.165) is 6.26 Å². The minimum absolute atomic E-state index is 0.0331. The maximum atomic E-state index is 11.7. The van der Waals surface area contributed by atoms with Crippen LogP contribution in [-0.2, 0) is 21.2 Å². The number of pyridine rings is 1. The molecule has 0 fully saturated rings. The normalized spacial score (nSPS) is 13.1. The summed E-state index contributed by atoms with van der Waals surface area (Å²) in [6.45, 7) is 5.29. The molecule has 112 valence electrons. The second kappa shape index (κ2) is 6.69. The topological polar surface area (TPSA) is 85.4 Å². The van der Waals surface area contributed by atoms with E-state index in [1.165, 1.54) is 6.92 Å². The molecule has 0 bridgehead atoms. The van der Waals surface area contributed by atoms with Crippen molar-refractivity contribution in [3.8, 4) is 5.88 Å². The van der Waals surface area contributed by atoms with E-state index in [-0.39, 0.29) is 12.6 Å². The average molecular weight is 300 g/mol. The van der Waals surface area contributed by atoms with E-state index in [2.05, 4.69) is 10.3 Å². The van der Waals surface area contributed by atoms with Gasteiger partial charge < -0.3 is 10.1 Å². The Morgan fingerprint density at radius 1 is 1.40 bits per heavy atom. The molecule has 0 aliphatic rings. The molecule has 1 aromatic heterocycles. The van der Waals surface area contributed by atoms with Crippen molar-refractivity contribution in [3.05, 3.63) is 23.9 Å². The van der Waals surface area contributed by atoms with Crippen molar-refractivity contribution >= 4 is 15.7 Å². The Labute approximate surface area is 119 Å². The van der Waals surface area contributed by atoms with Gasteiger partial charge in [-0.2, -0.15) is 0 Å². The van der Waals surface area contributed by atoms with Gasteiger partial charge in [0.25, 0.3) is 0 Å². The van der Waals surface area contributed by atoms with Crippen LogP contribution in [-0.4, -0.2) is 36.9 Å². The van der Waals surface area contributed by atoms with Gasteiger partial charge in [0.1, 0.15) is 5.25 Å². The van der Waals surface area contributed by atoms with Gasteiger partial charge in [-0.25, -0.2) is 13.4 Å². The van der Waals surface area contributed by atoms with Crippen LogP contribution in [0.2, 0.25) is 0 Å². The number of sulfone groups is 1. The number of amides is 1. The highest BCUT2D eigenvalue weighted by atomic mass is 32.2. The Bertz CT molecular complexity index is 569. The molecule has 20 heavy (non-hydrogen) atoms. The van der Waals surface area contributed by atoms with Gasteiger partial charge in [-0.3, -0.25) is 4.79 Å². The maximum Gasteiger partial charge on any atom is 0.238 e. The molecule has 1 rings (SSSR count). The third-order valence-electron chi connectivity index (χ3n) is 2.66. The van der Waals surface area contributed by atoms with Crippen molar-refractivity contribution in [3.63, 3.8) is 0 Å². The SMILES string of the molecule is CC(C)Oc1ncccc1CNC(=O)[C@@H](C)S(C)(=O)=O. The largest absolute Gasteiger partial charge is 0.475 e. The lowest BCUT2D eigenvalue weighted by atomic mass is 10.2. The number of hydrogen-bond acceptors (Lipinski definition) is 5. The molecule has 6 nitrogen and oxygen atoms in total. The predicted molar refractivity (Wildman–Crippen MR) is 76.2 cm³/mol. The summed E-state index contributed by atoms with van der Waals surface area (Å²) in [5.41, 5.74) is 0.704. The Morgan fingerprint density at radius 2 is 2.05 bits per heavy atom. The van der Waals surface area contributed by atoms with Gasteiger partial charge in [0.05, 0.1) is 6.10 Å². The van der Waals surface area contributed by atoms with Crippen molar-refractivity contribution in [2.24, 2.45) is 0 Å². The molecule has 0 aromatic carbocycles. The molecule has 0 radical (unpaired) electrons. The molecule has 7 heteroatoms. The Morgan fingerprint density at radius 3 is 2.60 bits per heavy atom. The van der Waals surface area contributed by atoms with Crippen LogP contribution < -0.4 is 10.1 Å². The monoisotopic (exact) mass is 300 g/mol. The molecular weight excluding hydrogens is 280 g/mol. The molecule has 1 aromatic rings. The molecule has 1 atom stereocenters. The molecule has 0 aliphatic carbocycles. The minimum atomic E-state index is -3.39. The first-order valence-corrected chi connectivity index (χ1v) is 8.24. The van der Waals surface area contributed by atoms with Gasteiger partial charge in [-0.05, 0) is 26.8 Å². The average Bonchev–Trinajstić information content (AvgIpc) is 2.34. The van der Waals surface area contributed by atoms with Crippen LogP contribution in [0.3, 0.4) is 0 Å². The lowest BCUT2D eigenvalue weighted by molar-refractivity contribution is -0.120. The molecular formula is C13H20N2O4S. The summed E-state index contributed by atoms with van der Waals surface area (Å²) >= 11 is 0. The standard InChI is InChI=1S/C13H20N2O4S/c1-9(2)19-13-11(6-5-7-14-13)8-15-12(16)10(3)20(4,17)18/h5-7,9-10H,8H2,1-4H3,(H,15,16)/t10-/m1/s1. The number of carbonyl (C=O) groups is 1. The molecule has 0 aliphatic heterocycles. The van der Waals surface area contributed by atoms with Gasteiger partial charge in [0.15, 0.2) is 9.84 Å². The zero-order chi connectivity index (χ0) is 15.3. The van der Waals surface area contributed by atoms with Crippen LogP contribution in [0.25, 0.3) is 0 Å². The van der Waals surface area contributed by atoms with E-state index in [4.69, 9.17) is 4.74 Å². The summed E-state index contributed by atoms with van der Waals surface area (Å²) < 4.78 is 28.1. The second-order valence-electron chi connectivity index (χ2n) is 4.82. The van der Waals surface area contributed by atoms with Gasteiger partial charge in [0.2, 0.25) is 11.8 Å². The third kappa shape index (κ3) is 4.80. The van der Waals surface area contributed by atoms with Crippen LogP contribution in [0.4, 0.5) is 0 Å². The van der Waals surface area contributed by atoms with E-state index in [1.54, 1.807) is 18.3 Å². The fourth-order valence-electron chi connectivity index (χ4n) is 1.41. The Hall–Kier alpha value is -1.63. The van der Waals surface area contributed by atoms with Gasteiger partial charge >= 0.3 is 0 Å². The summed E-state index contributed by atoms with van der Waals surface area (Å²) in [5.74, 6) is -0.0957. The summed E-state index contributed by atoms with van der Waals surface area (Å²) in [5, 5.41) is 1.51. The van der Waals surface area contributed by atoms with Gasteiger partial charge in [-0.15, -0.1) is 0 Å². The van der Waals surface area contributed by atoms with Crippen LogP contribution in [0, 0.1) is 0 Å². The van der Waals surface area contributed by atoms with Crippen LogP contribution in [0.15, 0.2) is 18.3 Å². The van der Waals surface area contributed by atoms with Gasteiger partial charge in [0, 0.05) is 24.6 Å². The lowest BCUT2D eigenvalue weighted by Crippen LogP contribution is -2.37. The number of aromatic nitrogens is 1. The first-order valence-electron chi connectivity index (χ1n) is 6.29. The highest BCUT2D eigenvalue weighted by Crippen LogP contribution is 2.15. The second-order valence-corrected chi connectivity index (χ2v) is 7.19. The number of nitrogens with one attached hydrogen (secondary N) is 1. The fourth-order valence-corrected chi connectivity index (χ4v) is 1.88. The lowest BCUT2D eigenvalue weighted by Gasteiger charge is -2.14. The van der Waals surface area contributed by atoms with Gasteiger partial charge in [-0.1, -0.05) is 6.07 Å². The number of hydrogen-bond donors (Lipinski definition) is 1. The summed E-state index contributed by atoms with van der Waals surface area (Å²) in [6, 6.07) is 3.50. The molecule has 0 unspecified atom stereocenters. The predicted octanol–water partition coefficient (Wildman–Crippen LogP) is 0.918. The Kier molecular flexibility index (Phi) is 5.50. The summed E-state index contributed by atoms with van der Waals surface area (Å²) in [7, 11) is -3.39.